The molecule has 0 aliphatic rings. The molecule has 0 bridgehead atoms. The highest BCUT2D eigenvalue weighted by Gasteiger charge is 2.25. The molecule has 438 valence electrons. The van der Waals surface area contributed by atoms with Gasteiger partial charge < -0.3 is 76.8 Å². The van der Waals surface area contributed by atoms with E-state index in [2.05, 4.69) is 31.9 Å². The van der Waals surface area contributed by atoms with E-state index in [0.717, 1.165) is 70.6 Å². The van der Waals surface area contributed by atoms with E-state index in [-0.39, 0.29) is 116 Å². The van der Waals surface area contributed by atoms with Crippen LogP contribution in [0.2, 0.25) is 0 Å². The largest absolute Gasteiger partial charge is 0.481 e. The Labute approximate surface area is 445 Å². The van der Waals surface area contributed by atoms with Crippen molar-refractivity contribution in [2.75, 3.05) is 72.5 Å². The quantitative estimate of drug-likeness (QED) is 0.0297. The number of carboxylic acids is 4. The van der Waals surface area contributed by atoms with Gasteiger partial charge in [-0.05, 0) is 64.8 Å². The zero-order valence-corrected chi connectivity index (χ0v) is 44.5. The van der Waals surface area contributed by atoms with Crippen LogP contribution in [0.3, 0.4) is 0 Å². The topological polar surface area (TPSA) is 407 Å². The molecule has 0 saturated carbocycles. The lowest BCUT2D eigenvalue weighted by molar-refractivity contribution is -0.144. The normalized spacial score (nSPS) is 13.1. The number of nitrogens with one attached hydrogen (secondary N) is 6. The fourth-order valence-corrected chi connectivity index (χ4v) is 7.24. The summed E-state index contributed by atoms with van der Waals surface area (Å²) in [6.45, 7) is 1.83. The molecule has 76 heavy (non-hydrogen) atoms. The molecule has 0 aromatic rings. The summed E-state index contributed by atoms with van der Waals surface area (Å²) in [5.41, 5.74) is 5.68. The Morgan fingerprint density at radius 3 is 1.30 bits per heavy atom. The van der Waals surface area contributed by atoms with Crippen molar-refractivity contribution in [1.29, 1.82) is 0 Å². The van der Waals surface area contributed by atoms with Crippen LogP contribution in [0.1, 0.15) is 155 Å². The lowest BCUT2D eigenvalue weighted by atomic mass is 10.0. The van der Waals surface area contributed by atoms with Crippen molar-refractivity contribution >= 4 is 59.2 Å². The summed E-state index contributed by atoms with van der Waals surface area (Å²) in [6.07, 6.45) is 12.2. The third kappa shape index (κ3) is 43.8. The minimum atomic E-state index is -1.47. The highest BCUT2D eigenvalue weighted by Crippen LogP contribution is 2.14. The Morgan fingerprint density at radius 2 is 0.816 bits per heavy atom. The first-order valence-corrected chi connectivity index (χ1v) is 26.6. The predicted octanol–water partition coefficient (Wildman–Crippen LogP) is 0.875. The summed E-state index contributed by atoms with van der Waals surface area (Å²) < 4.78 is 21.2. The Kier molecular flexibility index (Phi) is 43.6. The molecule has 0 aliphatic carbocycles. The van der Waals surface area contributed by atoms with Crippen molar-refractivity contribution in [3.8, 4) is 0 Å². The van der Waals surface area contributed by atoms with Gasteiger partial charge in [-0.25, -0.2) is 14.4 Å². The average Bonchev–Trinajstić information content (AvgIpc) is 3.36. The number of hydrogen-bond acceptors (Lipinski definition) is 17. The van der Waals surface area contributed by atoms with E-state index in [9.17, 15) is 68.4 Å². The summed E-state index contributed by atoms with van der Waals surface area (Å²) in [6, 6.07) is -4.54. The number of nitrogens with two attached hydrogens (primary N) is 1. The molecule has 0 radical (unpaired) electrons. The Hall–Kier alpha value is -5.38. The van der Waals surface area contributed by atoms with Gasteiger partial charge in [-0.3, -0.25) is 38.9 Å². The maximum Gasteiger partial charge on any atom is 0.326 e. The zero-order chi connectivity index (χ0) is 56.8. The summed E-state index contributed by atoms with van der Waals surface area (Å²) >= 11 is 0. The van der Waals surface area contributed by atoms with E-state index in [1.54, 1.807) is 0 Å². The number of aliphatic hydroxyl groups excluding tert-OH is 1. The van der Waals surface area contributed by atoms with Crippen molar-refractivity contribution < 1.29 is 92.4 Å². The maximum atomic E-state index is 12.5. The molecule has 5 amide bonds. The van der Waals surface area contributed by atoms with E-state index in [4.69, 9.17) is 29.8 Å². The molecule has 0 rings (SSSR count). The highest BCUT2D eigenvalue weighted by molar-refractivity contribution is 5.87. The van der Waals surface area contributed by atoms with E-state index in [1.807, 2.05) is 0 Å². The van der Waals surface area contributed by atoms with E-state index >= 15 is 0 Å². The molecule has 26 heteroatoms. The number of Topliss-reactive ketones (excluding diaryl/α,β-unsaturated/α-hetero) is 1. The van der Waals surface area contributed by atoms with Gasteiger partial charge in [0.15, 0.2) is 0 Å². The Morgan fingerprint density at radius 1 is 0.408 bits per heavy atom. The number of ketones is 1. The number of hydrogen-bond donors (Lipinski definition) is 12. The summed E-state index contributed by atoms with van der Waals surface area (Å²) in [5, 5.41) is 62.5. The van der Waals surface area contributed by atoms with Crippen LogP contribution in [0.25, 0.3) is 0 Å². The van der Waals surface area contributed by atoms with Crippen LogP contribution in [0.4, 0.5) is 0 Å². The molecule has 0 spiro atoms. The number of carboxylic acid groups (broad SMARTS) is 4. The first-order chi connectivity index (χ1) is 36.3. The molecule has 0 heterocycles. The van der Waals surface area contributed by atoms with Gasteiger partial charge in [0, 0.05) is 38.8 Å². The van der Waals surface area contributed by atoms with Crippen LogP contribution < -0.4 is 37.6 Å². The van der Waals surface area contributed by atoms with E-state index in [0.29, 0.717) is 32.2 Å². The monoisotopic (exact) mass is 1090 g/mol. The number of carbonyl (C=O) groups excluding carboxylic acids is 6. The number of aliphatic carboxylic acids is 4. The molecule has 0 saturated heterocycles. The SMILES string of the molecule is CC(=O)[C@@H](N)CCCCNC(O)CC[C@H](NC(=O)CC[C@H](NC(=O)COCCOCCNC(=O)COCCOCCNC(=O)CC[C@H](NC(=O)CCCCCCCCCCCCCCC(=O)O)C(=O)O)C(=O)O)C(=O)O. The molecule has 13 N–H and O–H groups in total. The zero-order valence-electron chi connectivity index (χ0n) is 44.5. The van der Waals surface area contributed by atoms with Crippen LogP contribution in [-0.4, -0.2) is 188 Å². The third-order valence-electron chi connectivity index (χ3n) is 11.7. The second-order valence-corrected chi connectivity index (χ2v) is 18.4. The summed E-state index contributed by atoms with van der Waals surface area (Å²) in [7, 11) is 0. The van der Waals surface area contributed by atoms with Crippen LogP contribution in [0, 0.1) is 0 Å². The first-order valence-electron chi connectivity index (χ1n) is 26.6. The van der Waals surface area contributed by atoms with Crippen molar-refractivity contribution in [3.05, 3.63) is 0 Å². The molecule has 0 aromatic carbocycles. The van der Waals surface area contributed by atoms with E-state index in [1.165, 1.54) is 6.92 Å². The number of amides is 5. The smallest absolute Gasteiger partial charge is 0.326 e. The second-order valence-electron chi connectivity index (χ2n) is 18.4. The van der Waals surface area contributed by atoms with Crippen molar-refractivity contribution in [2.24, 2.45) is 5.73 Å². The van der Waals surface area contributed by atoms with Gasteiger partial charge in [0.2, 0.25) is 29.5 Å². The standard InChI is InChI=1S/C50H89N7O19/c1-36(58)37(51)16-14-15-25-52-41(59)22-19-39(49(69)70)56-44(62)24-21-40(50(71)72)57-46(64)35-76-33-31-74-29-27-54-45(63)34-75-32-30-73-28-26-53-42(60)23-20-38(48(67)68)55-43(61)17-12-10-8-6-4-2-3-5-7-9-11-13-18-47(65)66/h37-41,52,59H,2-35,51H2,1H3,(H,53,60)(H,54,63)(H,55,61)(H,56,62)(H,57,64)(H,65,66)(H,67,68)(H,69,70)(H,71,72)/t37-,38-,39-,40-,41?/m0/s1. The van der Waals surface area contributed by atoms with Gasteiger partial charge in [0.25, 0.3) is 0 Å². The molecular weight excluding hydrogens is 1000 g/mol. The second kappa shape index (κ2) is 46.9. The molecule has 26 nitrogen and oxygen atoms in total. The van der Waals surface area contributed by atoms with Crippen LogP contribution in [0.5, 0.6) is 0 Å². The Balaban J connectivity index is 3.97. The number of unbranched alkanes of at least 4 members (excludes halogenated alkanes) is 12. The van der Waals surface area contributed by atoms with Gasteiger partial charge in [0.05, 0.1) is 45.7 Å². The molecule has 0 aromatic heterocycles. The number of carbonyl (C=O) groups is 10. The highest BCUT2D eigenvalue weighted by atomic mass is 16.5. The van der Waals surface area contributed by atoms with Gasteiger partial charge in [-0.1, -0.05) is 70.6 Å². The van der Waals surface area contributed by atoms with Crippen molar-refractivity contribution in [3.63, 3.8) is 0 Å². The minimum Gasteiger partial charge on any atom is -0.481 e. The summed E-state index contributed by atoms with van der Waals surface area (Å²) in [5.74, 6) is -7.56. The lowest BCUT2D eigenvalue weighted by Crippen LogP contribution is -2.45. The third-order valence-corrected chi connectivity index (χ3v) is 11.7. The molecule has 5 atom stereocenters. The number of aliphatic hydroxyl groups is 1. The lowest BCUT2D eigenvalue weighted by Gasteiger charge is -2.19. The van der Waals surface area contributed by atoms with E-state index < -0.39 is 90.9 Å². The molecule has 0 fully saturated rings. The fourth-order valence-electron chi connectivity index (χ4n) is 7.24. The van der Waals surface area contributed by atoms with Gasteiger partial charge >= 0.3 is 23.9 Å². The number of rotatable bonds is 53. The maximum absolute atomic E-state index is 12.5. The van der Waals surface area contributed by atoms with Crippen molar-refractivity contribution in [2.45, 2.75) is 185 Å². The van der Waals surface area contributed by atoms with Crippen LogP contribution in [0.15, 0.2) is 0 Å². The number of ether oxygens (including phenoxy) is 4. The predicted molar refractivity (Wildman–Crippen MR) is 274 cm³/mol. The first kappa shape index (κ1) is 70.6. The molecule has 1 unspecified atom stereocenters. The van der Waals surface area contributed by atoms with Crippen molar-refractivity contribution in [1.82, 2.24) is 31.9 Å². The fraction of sp³-hybridized carbons (Fsp3) is 0.800. The Bertz CT molecular complexity index is 1690. The van der Waals surface area contributed by atoms with Crippen LogP contribution in [-0.2, 0) is 66.9 Å². The summed E-state index contributed by atoms with van der Waals surface area (Å²) in [4.78, 5) is 118. The molecule has 0 aliphatic heterocycles. The van der Waals surface area contributed by atoms with Crippen LogP contribution >= 0.6 is 0 Å². The van der Waals surface area contributed by atoms with Gasteiger partial charge in [0.1, 0.15) is 43.4 Å². The minimum absolute atomic E-state index is 0.00803. The molecular formula is C50H89N7O19. The average molecular weight is 1090 g/mol. The van der Waals surface area contributed by atoms with Gasteiger partial charge in [-0.15, -0.1) is 0 Å². The van der Waals surface area contributed by atoms with Gasteiger partial charge in [-0.2, -0.15) is 0 Å².